The molecule has 0 radical (unpaired) electrons. The third-order valence-corrected chi connectivity index (χ3v) is 3.21. The lowest BCUT2D eigenvalue weighted by Crippen LogP contribution is -2.36. The molecule has 1 amide bonds. The number of hydrogen-bond acceptors (Lipinski definition) is 2. The van der Waals surface area contributed by atoms with Crippen molar-refractivity contribution in [1.29, 1.82) is 0 Å². The maximum atomic E-state index is 11.7. The summed E-state index contributed by atoms with van der Waals surface area (Å²) >= 11 is 11.7. The molecule has 0 spiro atoms. The summed E-state index contributed by atoms with van der Waals surface area (Å²) in [5, 5.41) is 0.508. The third-order valence-electron chi connectivity index (χ3n) is 2.64. The van der Waals surface area contributed by atoms with Crippen molar-refractivity contribution in [3.63, 3.8) is 0 Å². The minimum absolute atomic E-state index is 0.0553. The van der Waals surface area contributed by atoms with Crippen LogP contribution >= 0.6 is 23.2 Å². The lowest BCUT2D eigenvalue weighted by atomic mass is 10.2. The molecule has 1 aromatic heterocycles. The Balaban J connectivity index is 2.11. The lowest BCUT2D eigenvalue weighted by Gasteiger charge is -2.21. The Kier molecular flexibility index (Phi) is 3.99. The van der Waals surface area contributed by atoms with E-state index in [0.717, 1.165) is 5.69 Å². The van der Waals surface area contributed by atoms with Crippen LogP contribution in [0.2, 0.25) is 0 Å². The summed E-state index contributed by atoms with van der Waals surface area (Å²) < 4.78 is 1.77. The summed E-state index contributed by atoms with van der Waals surface area (Å²) in [6.45, 7) is 0. The van der Waals surface area contributed by atoms with E-state index in [1.165, 1.54) is 4.90 Å². The number of allylic oxidation sites excluding steroid dienone is 1. The molecule has 4 nitrogen and oxygen atoms in total. The highest BCUT2D eigenvalue weighted by Gasteiger charge is 2.35. The zero-order chi connectivity index (χ0) is 13.1. The summed E-state index contributed by atoms with van der Waals surface area (Å²) in [5.41, 5.74) is 1.56. The fourth-order valence-electron chi connectivity index (χ4n) is 1.58. The first-order chi connectivity index (χ1) is 8.65. The molecule has 0 unspecified atom stereocenters. The van der Waals surface area contributed by atoms with Gasteiger partial charge in [-0.2, -0.15) is 0 Å². The van der Waals surface area contributed by atoms with Crippen molar-refractivity contribution in [2.24, 2.45) is 0 Å². The van der Waals surface area contributed by atoms with Crippen molar-refractivity contribution < 1.29 is 9.37 Å². The SMILES string of the molecule is CN(C(=O)CCCl)C1=C[N+](c2cccnc2)=C1Cl. The predicted molar refractivity (Wildman–Crippen MR) is 71.2 cm³/mol. The molecular weight excluding hydrogens is 273 g/mol. The van der Waals surface area contributed by atoms with E-state index in [4.69, 9.17) is 23.2 Å². The molecule has 2 rings (SSSR count). The summed E-state index contributed by atoms with van der Waals surface area (Å²) in [5.74, 6) is 0.251. The van der Waals surface area contributed by atoms with Gasteiger partial charge in [-0.3, -0.25) is 9.78 Å². The normalized spacial score (nSPS) is 14.1. The van der Waals surface area contributed by atoms with Crippen LogP contribution in [0.1, 0.15) is 6.42 Å². The number of alkyl halides is 1. The molecule has 0 N–H and O–H groups in total. The Hall–Kier alpha value is -1.39. The van der Waals surface area contributed by atoms with Gasteiger partial charge < -0.3 is 4.90 Å². The van der Waals surface area contributed by atoms with Crippen LogP contribution in [0.5, 0.6) is 0 Å². The highest BCUT2D eigenvalue weighted by atomic mass is 35.5. The second-order valence-corrected chi connectivity index (χ2v) is 4.51. The van der Waals surface area contributed by atoms with E-state index in [1.54, 1.807) is 30.2 Å². The monoisotopic (exact) mass is 284 g/mol. The minimum Gasteiger partial charge on any atom is -0.304 e. The van der Waals surface area contributed by atoms with Gasteiger partial charge in [0.1, 0.15) is 0 Å². The zero-order valence-electron chi connectivity index (χ0n) is 9.81. The number of hydrogen-bond donors (Lipinski definition) is 0. The summed E-state index contributed by atoms with van der Waals surface area (Å²) in [4.78, 5) is 17.2. The van der Waals surface area contributed by atoms with Gasteiger partial charge in [-0.05, 0) is 17.7 Å². The number of carbonyl (C=O) groups excluding carboxylic acids is 1. The van der Waals surface area contributed by atoms with Gasteiger partial charge in [0.25, 0.3) is 0 Å². The molecule has 1 aromatic rings. The average molecular weight is 285 g/mol. The van der Waals surface area contributed by atoms with Crippen LogP contribution in [0.15, 0.2) is 36.4 Å². The minimum atomic E-state index is -0.0553. The number of rotatable bonds is 4. The van der Waals surface area contributed by atoms with Gasteiger partial charge in [-0.25, -0.2) is 0 Å². The molecule has 18 heavy (non-hydrogen) atoms. The van der Waals surface area contributed by atoms with Gasteiger partial charge in [0, 0.05) is 31.6 Å². The molecular formula is C12H12Cl2N3O+. The molecule has 0 bridgehead atoms. The molecule has 0 atom stereocenters. The fourth-order valence-corrected chi connectivity index (χ4v) is 2.07. The van der Waals surface area contributed by atoms with Gasteiger partial charge in [0.15, 0.2) is 5.70 Å². The van der Waals surface area contributed by atoms with Crippen LogP contribution in [-0.4, -0.2) is 38.5 Å². The maximum absolute atomic E-state index is 11.7. The molecule has 1 aliphatic rings. The van der Waals surface area contributed by atoms with Gasteiger partial charge in [0.05, 0.1) is 6.20 Å². The van der Waals surface area contributed by atoms with Gasteiger partial charge in [-0.1, -0.05) is 0 Å². The topological polar surface area (TPSA) is 36.2 Å². The number of aromatic nitrogens is 1. The zero-order valence-corrected chi connectivity index (χ0v) is 11.3. The van der Waals surface area contributed by atoms with Crippen molar-refractivity contribution in [1.82, 2.24) is 9.88 Å². The van der Waals surface area contributed by atoms with Crippen LogP contribution in [0.4, 0.5) is 5.69 Å². The largest absolute Gasteiger partial charge is 0.311 e. The summed E-state index contributed by atoms with van der Waals surface area (Å²) in [7, 11) is 1.68. The first-order valence-electron chi connectivity index (χ1n) is 5.41. The third kappa shape index (κ3) is 2.40. The van der Waals surface area contributed by atoms with E-state index in [2.05, 4.69) is 4.98 Å². The molecule has 0 saturated heterocycles. The van der Waals surface area contributed by atoms with Crippen LogP contribution in [0.25, 0.3) is 0 Å². The molecule has 0 aromatic carbocycles. The summed E-state index contributed by atoms with van der Waals surface area (Å²) in [6.07, 6.45) is 5.49. The highest BCUT2D eigenvalue weighted by molar-refractivity contribution is 6.69. The molecule has 94 valence electrons. The molecule has 0 fully saturated rings. The smallest absolute Gasteiger partial charge is 0.304 e. The molecule has 0 saturated carbocycles. The molecule has 1 aliphatic heterocycles. The van der Waals surface area contributed by atoms with Gasteiger partial charge >= 0.3 is 5.17 Å². The first kappa shape index (κ1) is 13.1. The predicted octanol–water partition coefficient (Wildman–Crippen LogP) is 2.31. The van der Waals surface area contributed by atoms with Crippen LogP contribution in [-0.2, 0) is 4.79 Å². The number of carbonyl (C=O) groups is 1. The van der Waals surface area contributed by atoms with Crippen molar-refractivity contribution >= 4 is 40.0 Å². The number of halogens is 2. The van der Waals surface area contributed by atoms with E-state index >= 15 is 0 Å². The highest BCUT2D eigenvalue weighted by Crippen LogP contribution is 2.24. The quantitative estimate of drug-likeness (QED) is 0.628. The lowest BCUT2D eigenvalue weighted by molar-refractivity contribution is -0.373. The van der Waals surface area contributed by atoms with Crippen molar-refractivity contribution in [2.45, 2.75) is 6.42 Å². The Bertz CT molecular complexity index is 525. The van der Waals surface area contributed by atoms with E-state index in [0.29, 0.717) is 23.2 Å². The van der Waals surface area contributed by atoms with E-state index < -0.39 is 0 Å². The standard InChI is InChI=1S/C12H12Cl2N3O/c1-16(11(18)4-5-13)10-8-17(12(10)14)9-3-2-6-15-7-9/h2-3,6-8H,4-5H2,1H3/q+1. The summed E-state index contributed by atoms with van der Waals surface area (Å²) in [6, 6.07) is 3.72. The van der Waals surface area contributed by atoms with E-state index in [9.17, 15) is 4.79 Å². The average Bonchev–Trinajstić information content (AvgIpc) is 2.38. The first-order valence-corrected chi connectivity index (χ1v) is 6.33. The Labute approximate surface area is 115 Å². The van der Waals surface area contributed by atoms with Crippen molar-refractivity contribution in [3.05, 3.63) is 36.4 Å². The van der Waals surface area contributed by atoms with E-state index in [1.807, 2.05) is 12.1 Å². The maximum Gasteiger partial charge on any atom is 0.311 e. The number of pyridine rings is 1. The van der Waals surface area contributed by atoms with Crippen LogP contribution < -0.4 is 0 Å². The fraction of sp³-hybridized carbons (Fsp3) is 0.250. The Morgan fingerprint density at radius 3 is 2.89 bits per heavy atom. The molecule has 2 heterocycles. The number of amides is 1. The van der Waals surface area contributed by atoms with E-state index in [-0.39, 0.29) is 5.91 Å². The van der Waals surface area contributed by atoms with Gasteiger partial charge in [-0.15, -0.1) is 16.2 Å². The number of nitrogens with zero attached hydrogens (tertiary/aromatic N) is 3. The van der Waals surface area contributed by atoms with Crippen molar-refractivity contribution in [3.8, 4) is 0 Å². The molecule has 0 aliphatic carbocycles. The molecule has 6 heteroatoms. The van der Waals surface area contributed by atoms with Crippen LogP contribution in [0.3, 0.4) is 0 Å². The van der Waals surface area contributed by atoms with Gasteiger partial charge in [0.2, 0.25) is 17.8 Å². The Morgan fingerprint density at radius 1 is 1.56 bits per heavy atom. The van der Waals surface area contributed by atoms with Crippen LogP contribution in [0, 0.1) is 0 Å². The second-order valence-electron chi connectivity index (χ2n) is 3.78. The van der Waals surface area contributed by atoms with Crippen molar-refractivity contribution in [2.75, 3.05) is 12.9 Å². The Morgan fingerprint density at radius 2 is 2.33 bits per heavy atom. The second kappa shape index (κ2) is 5.50.